The summed E-state index contributed by atoms with van der Waals surface area (Å²) in [7, 11) is 0. The van der Waals surface area contributed by atoms with Crippen molar-refractivity contribution in [3.63, 3.8) is 0 Å². The van der Waals surface area contributed by atoms with Crippen LogP contribution in [0, 0.1) is 0 Å². The van der Waals surface area contributed by atoms with Crippen molar-refractivity contribution in [2.45, 2.75) is 13.0 Å². The largest absolute Gasteiger partial charge is 0.490 e. The van der Waals surface area contributed by atoms with Crippen molar-refractivity contribution >= 4 is 27.5 Å². The third kappa shape index (κ3) is 6.26. The highest BCUT2D eigenvalue weighted by atomic mass is 16.6. The van der Waals surface area contributed by atoms with Gasteiger partial charge in [0.1, 0.15) is 37.4 Å². The molecule has 1 aliphatic rings. The Morgan fingerprint density at radius 2 is 1.29 bits per heavy atom. The number of carbonyl (C=O) groups is 1. The molecule has 3 aromatic rings. The lowest BCUT2D eigenvalue weighted by atomic mass is 10.0. The van der Waals surface area contributed by atoms with Gasteiger partial charge in [-0.1, -0.05) is 55.1 Å². The van der Waals surface area contributed by atoms with Crippen LogP contribution < -0.4 is 9.47 Å². The molecular weight excluding hydrogens is 436 g/mol. The van der Waals surface area contributed by atoms with E-state index in [1.165, 1.54) is 0 Å². The minimum absolute atomic E-state index is 0.181. The lowest BCUT2D eigenvalue weighted by Gasteiger charge is -2.17. The van der Waals surface area contributed by atoms with Crippen LogP contribution in [0.15, 0.2) is 60.7 Å². The van der Waals surface area contributed by atoms with Gasteiger partial charge < -0.3 is 28.4 Å². The molecule has 0 aliphatic carbocycles. The molecule has 180 valence electrons. The predicted molar refractivity (Wildman–Crippen MR) is 130 cm³/mol. The second-order valence-corrected chi connectivity index (χ2v) is 8.01. The highest BCUT2D eigenvalue weighted by Gasteiger charge is 2.24. The molecule has 0 aromatic heterocycles. The van der Waals surface area contributed by atoms with E-state index in [4.69, 9.17) is 28.4 Å². The van der Waals surface area contributed by atoms with Crippen LogP contribution >= 0.6 is 0 Å². The van der Waals surface area contributed by atoms with E-state index >= 15 is 0 Å². The second kappa shape index (κ2) is 11.8. The molecule has 4 rings (SSSR count). The summed E-state index contributed by atoms with van der Waals surface area (Å²) in [6.45, 7) is 8.61. The zero-order chi connectivity index (χ0) is 23.8. The Hall–Kier alpha value is -3.13. The van der Waals surface area contributed by atoms with Crippen LogP contribution in [-0.4, -0.2) is 64.9 Å². The average molecular weight is 467 g/mol. The average Bonchev–Trinajstić information content (AvgIpc) is 3.68. The smallest absolute Gasteiger partial charge is 0.333 e. The maximum atomic E-state index is 11.3. The molecule has 0 saturated carbocycles. The van der Waals surface area contributed by atoms with E-state index in [9.17, 15) is 4.79 Å². The van der Waals surface area contributed by atoms with Crippen LogP contribution in [-0.2, 0) is 23.7 Å². The molecule has 34 heavy (non-hydrogen) atoms. The van der Waals surface area contributed by atoms with E-state index in [-0.39, 0.29) is 12.7 Å². The van der Waals surface area contributed by atoms with Crippen LogP contribution in [0.1, 0.15) is 6.92 Å². The lowest BCUT2D eigenvalue weighted by molar-refractivity contribution is -0.140. The van der Waals surface area contributed by atoms with Crippen LogP contribution in [0.5, 0.6) is 11.5 Å². The normalized spacial score (nSPS) is 14.8. The summed E-state index contributed by atoms with van der Waals surface area (Å²) in [5, 5.41) is 4.03. The molecule has 1 saturated heterocycles. The molecule has 0 bridgehead atoms. The molecule has 1 atom stereocenters. The van der Waals surface area contributed by atoms with Gasteiger partial charge in [0.05, 0.1) is 33.0 Å². The Morgan fingerprint density at radius 1 is 0.824 bits per heavy atom. The molecule has 0 N–H and O–H groups in total. The molecule has 7 nitrogen and oxygen atoms in total. The second-order valence-electron chi connectivity index (χ2n) is 8.01. The zero-order valence-electron chi connectivity index (χ0n) is 19.4. The number of esters is 1. The van der Waals surface area contributed by atoms with E-state index in [2.05, 4.69) is 18.7 Å². The Bertz CT molecular complexity index is 1080. The molecule has 0 amide bonds. The van der Waals surface area contributed by atoms with Gasteiger partial charge in [0.25, 0.3) is 0 Å². The van der Waals surface area contributed by atoms with Crippen molar-refractivity contribution in [2.24, 2.45) is 0 Å². The van der Waals surface area contributed by atoms with Crippen molar-refractivity contribution in [3.8, 4) is 11.5 Å². The van der Waals surface area contributed by atoms with Crippen LogP contribution in [0.25, 0.3) is 21.5 Å². The van der Waals surface area contributed by atoms with Gasteiger partial charge in [-0.2, -0.15) is 0 Å². The Labute approximate surface area is 199 Å². The van der Waals surface area contributed by atoms with Crippen molar-refractivity contribution < 1.29 is 33.2 Å². The molecule has 1 fully saturated rings. The first-order valence-corrected chi connectivity index (χ1v) is 11.4. The summed E-state index contributed by atoms with van der Waals surface area (Å²) < 4.78 is 33.7. The van der Waals surface area contributed by atoms with Gasteiger partial charge in [-0.05, 0) is 6.92 Å². The summed E-state index contributed by atoms with van der Waals surface area (Å²) in [5.41, 5.74) is 0.374. The third-order valence-corrected chi connectivity index (χ3v) is 5.30. The standard InChI is InChI=1S/C27H30O7/c1-19(2)27(28)32-16-14-30-12-11-29-13-15-31-25-21-7-3-5-9-23(21)26(34-18-20-17-33-20)24-10-6-4-8-22(24)25/h3-10,20H,1,11-18H2,2H3. The van der Waals surface area contributed by atoms with Gasteiger partial charge >= 0.3 is 5.97 Å². The minimum atomic E-state index is -0.409. The number of hydrogen-bond acceptors (Lipinski definition) is 7. The van der Waals surface area contributed by atoms with Gasteiger partial charge in [0, 0.05) is 27.1 Å². The van der Waals surface area contributed by atoms with E-state index < -0.39 is 5.97 Å². The number of ether oxygens (including phenoxy) is 6. The molecule has 0 radical (unpaired) electrons. The van der Waals surface area contributed by atoms with Gasteiger partial charge in [-0.15, -0.1) is 0 Å². The summed E-state index contributed by atoms with van der Waals surface area (Å²) in [4.78, 5) is 11.3. The molecular formula is C27H30O7. The number of fused-ring (bicyclic) bond motifs is 2. The first-order valence-electron chi connectivity index (χ1n) is 11.4. The number of epoxide rings is 1. The maximum absolute atomic E-state index is 11.3. The Morgan fingerprint density at radius 3 is 1.79 bits per heavy atom. The van der Waals surface area contributed by atoms with Crippen LogP contribution in [0.3, 0.4) is 0 Å². The summed E-state index contributed by atoms with van der Waals surface area (Å²) >= 11 is 0. The number of benzene rings is 3. The summed E-state index contributed by atoms with van der Waals surface area (Å²) in [5.74, 6) is 1.27. The van der Waals surface area contributed by atoms with Crippen molar-refractivity contribution in [1.29, 1.82) is 0 Å². The summed E-state index contributed by atoms with van der Waals surface area (Å²) in [6, 6.07) is 16.2. The quantitative estimate of drug-likeness (QED) is 0.115. The molecule has 7 heteroatoms. The monoisotopic (exact) mass is 466 g/mol. The number of carbonyl (C=O) groups excluding carboxylic acids is 1. The first kappa shape index (κ1) is 24.0. The highest BCUT2D eigenvalue weighted by Crippen LogP contribution is 2.42. The predicted octanol–water partition coefficient (Wildman–Crippen LogP) is 4.30. The molecule has 1 heterocycles. The highest BCUT2D eigenvalue weighted by molar-refractivity contribution is 6.11. The van der Waals surface area contributed by atoms with Crippen molar-refractivity contribution in [3.05, 3.63) is 60.7 Å². The molecule has 1 unspecified atom stereocenters. The maximum Gasteiger partial charge on any atom is 0.333 e. The fourth-order valence-electron chi connectivity index (χ4n) is 3.54. The zero-order valence-corrected chi connectivity index (χ0v) is 19.4. The van der Waals surface area contributed by atoms with Gasteiger partial charge in [-0.25, -0.2) is 4.79 Å². The van der Waals surface area contributed by atoms with E-state index in [0.29, 0.717) is 45.2 Å². The molecule has 1 aliphatic heterocycles. The number of hydrogen-bond donors (Lipinski definition) is 0. The number of rotatable bonds is 14. The fourth-order valence-corrected chi connectivity index (χ4v) is 3.54. The van der Waals surface area contributed by atoms with Gasteiger partial charge in [0.2, 0.25) is 0 Å². The topological polar surface area (TPSA) is 75.8 Å². The van der Waals surface area contributed by atoms with Gasteiger partial charge in [0.15, 0.2) is 0 Å². The lowest BCUT2D eigenvalue weighted by Crippen LogP contribution is -2.14. The third-order valence-electron chi connectivity index (χ3n) is 5.30. The Kier molecular flexibility index (Phi) is 8.36. The van der Waals surface area contributed by atoms with E-state index in [1.807, 2.05) is 36.4 Å². The van der Waals surface area contributed by atoms with Crippen LogP contribution in [0.4, 0.5) is 0 Å². The molecule has 0 spiro atoms. The van der Waals surface area contributed by atoms with Crippen LogP contribution in [0.2, 0.25) is 0 Å². The van der Waals surface area contributed by atoms with Crippen molar-refractivity contribution in [1.82, 2.24) is 0 Å². The minimum Gasteiger partial charge on any atom is -0.490 e. The molecule has 3 aromatic carbocycles. The van der Waals surface area contributed by atoms with E-state index in [1.54, 1.807) is 6.92 Å². The summed E-state index contributed by atoms with van der Waals surface area (Å²) in [6.07, 6.45) is 0.181. The van der Waals surface area contributed by atoms with Gasteiger partial charge in [-0.3, -0.25) is 0 Å². The van der Waals surface area contributed by atoms with Crippen molar-refractivity contribution in [2.75, 3.05) is 52.9 Å². The Balaban J connectivity index is 1.30. The first-order chi connectivity index (χ1) is 16.6. The van der Waals surface area contributed by atoms with E-state index in [0.717, 1.165) is 39.7 Å². The fraction of sp³-hybridized carbons (Fsp3) is 0.370. The SMILES string of the molecule is C=C(C)C(=O)OCCOCCOCCOc1c2ccccc2c(OCC2CO2)c2ccccc12.